The van der Waals surface area contributed by atoms with Crippen molar-refractivity contribution < 1.29 is 14.3 Å². The lowest BCUT2D eigenvalue weighted by Crippen LogP contribution is -2.55. The number of ether oxygens (including phenoxy) is 1. The lowest BCUT2D eigenvalue weighted by Gasteiger charge is -2.40. The number of benzene rings is 1. The van der Waals surface area contributed by atoms with Gasteiger partial charge in [-0.15, -0.1) is 0 Å². The van der Waals surface area contributed by atoms with Crippen molar-refractivity contribution in [2.75, 3.05) is 26.7 Å². The van der Waals surface area contributed by atoms with Crippen LogP contribution in [-0.2, 0) is 11.2 Å². The molecule has 0 saturated carbocycles. The summed E-state index contributed by atoms with van der Waals surface area (Å²) in [5.41, 5.74) is 2.53. The van der Waals surface area contributed by atoms with E-state index in [1.54, 1.807) is 19.4 Å². The van der Waals surface area contributed by atoms with Gasteiger partial charge in [-0.2, -0.15) is 5.10 Å². The van der Waals surface area contributed by atoms with E-state index in [4.69, 9.17) is 4.74 Å². The van der Waals surface area contributed by atoms with Crippen molar-refractivity contribution in [2.24, 2.45) is 0 Å². The Morgan fingerprint density at radius 1 is 1.30 bits per heavy atom. The number of aromatic nitrogens is 2. The van der Waals surface area contributed by atoms with Gasteiger partial charge < -0.3 is 14.5 Å². The van der Waals surface area contributed by atoms with Gasteiger partial charge in [-0.25, -0.2) is 0 Å². The zero-order valence-electron chi connectivity index (χ0n) is 16.1. The van der Waals surface area contributed by atoms with Crippen LogP contribution in [0.4, 0.5) is 0 Å². The molecular weight excluding hydrogens is 344 g/mol. The van der Waals surface area contributed by atoms with Gasteiger partial charge in [0.1, 0.15) is 5.75 Å². The second-order valence-corrected chi connectivity index (χ2v) is 6.95. The van der Waals surface area contributed by atoms with Gasteiger partial charge in [0.2, 0.25) is 5.91 Å². The fourth-order valence-corrected chi connectivity index (χ4v) is 3.50. The van der Waals surface area contributed by atoms with Crippen LogP contribution in [0.3, 0.4) is 0 Å². The summed E-state index contributed by atoms with van der Waals surface area (Å²) in [6.45, 7) is 5.55. The Balaban J connectivity index is 1.59. The lowest BCUT2D eigenvalue weighted by atomic mass is 10.1. The molecule has 1 saturated heterocycles. The van der Waals surface area contributed by atoms with E-state index in [1.807, 2.05) is 41.8 Å². The van der Waals surface area contributed by atoms with E-state index >= 15 is 0 Å². The minimum atomic E-state index is -0.00415. The van der Waals surface area contributed by atoms with Crippen LogP contribution < -0.4 is 4.74 Å². The Kier molecular flexibility index (Phi) is 5.78. The van der Waals surface area contributed by atoms with Crippen LogP contribution in [0.25, 0.3) is 0 Å². The molecule has 1 aromatic heterocycles. The van der Waals surface area contributed by atoms with Gasteiger partial charge >= 0.3 is 0 Å². The number of nitrogens with one attached hydrogen (secondary N) is 1. The van der Waals surface area contributed by atoms with Crippen LogP contribution >= 0.6 is 0 Å². The monoisotopic (exact) mass is 370 g/mol. The van der Waals surface area contributed by atoms with Gasteiger partial charge in [-0.1, -0.05) is 0 Å². The first-order valence-corrected chi connectivity index (χ1v) is 9.21. The average molecular weight is 370 g/mol. The maximum atomic E-state index is 12.9. The number of hydrogen-bond acceptors (Lipinski definition) is 4. The van der Waals surface area contributed by atoms with E-state index in [-0.39, 0.29) is 17.9 Å². The molecule has 27 heavy (non-hydrogen) atoms. The number of amides is 2. The quantitative estimate of drug-likeness (QED) is 0.874. The molecule has 1 N–H and O–H groups in total. The highest BCUT2D eigenvalue weighted by Crippen LogP contribution is 2.20. The summed E-state index contributed by atoms with van der Waals surface area (Å²) >= 11 is 0. The molecule has 0 bridgehead atoms. The number of carbonyl (C=O) groups is 2. The van der Waals surface area contributed by atoms with E-state index in [2.05, 4.69) is 10.2 Å². The van der Waals surface area contributed by atoms with E-state index in [0.29, 0.717) is 38.0 Å². The molecule has 2 heterocycles. The molecule has 0 aliphatic carbocycles. The topological polar surface area (TPSA) is 78.5 Å². The molecule has 7 heteroatoms. The van der Waals surface area contributed by atoms with Gasteiger partial charge in [0.05, 0.1) is 7.11 Å². The highest BCUT2D eigenvalue weighted by molar-refractivity contribution is 5.96. The van der Waals surface area contributed by atoms with Crippen molar-refractivity contribution in [1.82, 2.24) is 20.0 Å². The van der Waals surface area contributed by atoms with Crippen LogP contribution in [0.2, 0.25) is 0 Å². The highest BCUT2D eigenvalue weighted by Gasteiger charge is 2.30. The molecule has 1 aliphatic heterocycles. The van der Waals surface area contributed by atoms with E-state index < -0.39 is 0 Å². The van der Waals surface area contributed by atoms with Crippen LogP contribution in [0.1, 0.15) is 35.0 Å². The Morgan fingerprint density at radius 2 is 2.11 bits per heavy atom. The number of carbonyl (C=O) groups excluding carboxylic acids is 2. The summed E-state index contributed by atoms with van der Waals surface area (Å²) in [6, 6.07) is 7.36. The Bertz CT molecular complexity index is 804. The smallest absolute Gasteiger partial charge is 0.254 e. The van der Waals surface area contributed by atoms with Crippen molar-refractivity contribution in [3.63, 3.8) is 0 Å². The van der Waals surface area contributed by atoms with Crippen LogP contribution in [0.15, 0.2) is 30.5 Å². The Hall–Kier alpha value is -2.83. The molecule has 144 valence electrons. The van der Waals surface area contributed by atoms with Gasteiger partial charge in [0.15, 0.2) is 0 Å². The summed E-state index contributed by atoms with van der Waals surface area (Å²) in [5.74, 6) is 0.862. The summed E-state index contributed by atoms with van der Waals surface area (Å²) in [5, 5.41) is 6.78. The fraction of sp³-hybridized carbons (Fsp3) is 0.450. The third-order valence-corrected chi connectivity index (χ3v) is 5.07. The van der Waals surface area contributed by atoms with Crippen molar-refractivity contribution in [1.29, 1.82) is 0 Å². The number of methoxy groups -OCH3 is 1. The largest absolute Gasteiger partial charge is 0.497 e. The second-order valence-electron chi connectivity index (χ2n) is 6.95. The summed E-state index contributed by atoms with van der Waals surface area (Å²) in [6.07, 6.45) is 2.78. The summed E-state index contributed by atoms with van der Waals surface area (Å²) < 4.78 is 5.21. The third-order valence-electron chi connectivity index (χ3n) is 5.07. The maximum Gasteiger partial charge on any atom is 0.254 e. The average Bonchev–Trinajstić information content (AvgIpc) is 3.19. The normalized spacial score (nSPS) is 17.1. The molecule has 1 aliphatic rings. The van der Waals surface area contributed by atoms with Gasteiger partial charge in [0.25, 0.3) is 5.91 Å². The van der Waals surface area contributed by atoms with Crippen molar-refractivity contribution in [2.45, 2.75) is 32.7 Å². The molecule has 1 aromatic carbocycles. The first kappa shape index (κ1) is 18.9. The number of hydrogen-bond donors (Lipinski definition) is 1. The molecule has 0 spiro atoms. The molecule has 1 fully saturated rings. The number of aromatic amines is 1. The van der Waals surface area contributed by atoms with Gasteiger partial charge in [-0.05, 0) is 50.1 Å². The predicted octanol–water partition coefficient (Wildman–Crippen LogP) is 2.03. The van der Waals surface area contributed by atoms with Crippen LogP contribution in [-0.4, -0.2) is 64.6 Å². The third kappa shape index (κ3) is 4.30. The van der Waals surface area contributed by atoms with E-state index in [9.17, 15) is 9.59 Å². The predicted molar refractivity (Wildman–Crippen MR) is 102 cm³/mol. The first-order valence-electron chi connectivity index (χ1n) is 9.21. The minimum absolute atomic E-state index is 0.00415. The molecule has 2 aromatic rings. The fourth-order valence-electron chi connectivity index (χ4n) is 3.50. The second kappa shape index (κ2) is 8.24. The number of piperazine rings is 1. The number of nitrogens with zero attached hydrogens (tertiary/aromatic N) is 3. The number of rotatable bonds is 5. The van der Waals surface area contributed by atoms with Crippen molar-refractivity contribution in [3.05, 3.63) is 47.3 Å². The summed E-state index contributed by atoms with van der Waals surface area (Å²) in [7, 11) is 1.61. The SMILES string of the molecule is COc1ccc(C(=O)N2CCN(C(=O)CCc3ccn[nH]3)[C@@H](C)C2)c(C)c1. The van der Waals surface area contributed by atoms with Crippen molar-refractivity contribution in [3.8, 4) is 5.75 Å². The zero-order valence-corrected chi connectivity index (χ0v) is 16.1. The highest BCUT2D eigenvalue weighted by atomic mass is 16.5. The van der Waals surface area contributed by atoms with E-state index in [1.165, 1.54) is 0 Å². The first-order chi connectivity index (χ1) is 13.0. The molecule has 0 unspecified atom stereocenters. The molecule has 3 rings (SSSR count). The van der Waals surface area contributed by atoms with Crippen molar-refractivity contribution >= 4 is 11.8 Å². The molecule has 1 atom stereocenters. The van der Waals surface area contributed by atoms with E-state index in [0.717, 1.165) is 17.0 Å². The van der Waals surface area contributed by atoms with Gasteiger partial charge in [0, 0.05) is 49.6 Å². The zero-order chi connectivity index (χ0) is 19.4. The minimum Gasteiger partial charge on any atom is -0.497 e. The van der Waals surface area contributed by atoms with Crippen LogP contribution in [0, 0.1) is 6.92 Å². The lowest BCUT2D eigenvalue weighted by molar-refractivity contribution is -0.135. The number of H-pyrrole nitrogens is 1. The number of aryl methyl sites for hydroxylation is 2. The standard InChI is InChI=1S/C20H26N4O3/c1-14-12-17(27-3)5-6-18(14)20(26)23-10-11-24(15(2)13-23)19(25)7-4-16-8-9-21-22-16/h5-6,8-9,12,15H,4,7,10-11,13H2,1-3H3,(H,21,22)/t15-/m0/s1. The van der Waals surface area contributed by atoms with Gasteiger partial charge in [-0.3, -0.25) is 14.7 Å². The maximum absolute atomic E-state index is 12.9. The molecule has 7 nitrogen and oxygen atoms in total. The Morgan fingerprint density at radius 3 is 2.74 bits per heavy atom. The Labute approximate surface area is 159 Å². The molecular formula is C20H26N4O3. The van der Waals surface area contributed by atoms with Crippen LogP contribution in [0.5, 0.6) is 5.75 Å². The molecule has 0 radical (unpaired) electrons. The summed E-state index contributed by atoms with van der Waals surface area (Å²) in [4.78, 5) is 29.2. The molecule has 2 amide bonds.